The summed E-state index contributed by atoms with van der Waals surface area (Å²) in [6, 6.07) is -0.422. The zero-order chi connectivity index (χ0) is 17.3. The van der Waals surface area contributed by atoms with Crippen molar-refractivity contribution in [3.63, 3.8) is 0 Å². The van der Waals surface area contributed by atoms with Crippen molar-refractivity contribution in [2.24, 2.45) is 0 Å². The molecule has 0 aromatic carbocycles. The van der Waals surface area contributed by atoms with Crippen LogP contribution in [0.2, 0.25) is 0 Å². The first-order valence-electron chi connectivity index (χ1n) is 7.57. The van der Waals surface area contributed by atoms with E-state index in [1.165, 1.54) is 24.3 Å². The standard InChI is InChI=1S/C14H20FN5O4/c1-7(3-15)19-12-9-13(17-5-16-12)20(6-18-9)14-11(22)10(21)8(24-14)4-23-2/h5-8,10-11,14,21-22H,3-4H2,1-2H3,(H,16,17,19)/t7-,8-,10-,11-,14-/m1/s1. The topological polar surface area (TPSA) is 115 Å². The predicted octanol–water partition coefficient (Wildman–Crippen LogP) is -0.138. The van der Waals surface area contributed by atoms with E-state index in [0.717, 1.165) is 0 Å². The summed E-state index contributed by atoms with van der Waals surface area (Å²) < 4.78 is 24.9. The summed E-state index contributed by atoms with van der Waals surface area (Å²) >= 11 is 0. The van der Waals surface area contributed by atoms with Crippen LogP contribution in [0.15, 0.2) is 12.7 Å². The zero-order valence-corrected chi connectivity index (χ0v) is 13.3. The lowest BCUT2D eigenvalue weighted by Crippen LogP contribution is -2.33. The first kappa shape index (κ1) is 17.0. The number of methoxy groups -OCH3 is 1. The summed E-state index contributed by atoms with van der Waals surface area (Å²) in [4.78, 5) is 12.5. The number of alkyl halides is 1. The fourth-order valence-electron chi connectivity index (χ4n) is 2.68. The molecule has 1 saturated heterocycles. The van der Waals surface area contributed by atoms with Gasteiger partial charge in [-0.15, -0.1) is 0 Å². The summed E-state index contributed by atoms with van der Waals surface area (Å²) in [5, 5.41) is 23.2. The molecule has 24 heavy (non-hydrogen) atoms. The number of ether oxygens (including phenoxy) is 2. The lowest BCUT2D eigenvalue weighted by molar-refractivity contribution is -0.0580. The number of aliphatic hydroxyl groups is 2. The third-order valence-electron chi connectivity index (χ3n) is 3.92. The summed E-state index contributed by atoms with van der Waals surface area (Å²) in [6.45, 7) is 1.28. The first-order valence-corrected chi connectivity index (χ1v) is 7.57. The highest BCUT2D eigenvalue weighted by atomic mass is 19.1. The van der Waals surface area contributed by atoms with Crippen LogP contribution in [0.25, 0.3) is 11.2 Å². The largest absolute Gasteiger partial charge is 0.387 e. The molecule has 5 atom stereocenters. The van der Waals surface area contributed by atoms with Crippen LogP contribution < -0.4 is 5.32 Å². The molecule has 2 aromatic heterocycles. The van der Waals surface area contributed by atoms with E-state index in [0.29, 0.717) is 17.0 Å². The van der Waals surface area contributed by atoms with Gasteiger partial charge in [-0.05, 0) is 6.92 Å². The van der Waals surface area contributed by atoms with Crippen LogP contribution in [-0.4, -0.2) is 74.5 Å². The number of anilines is 1. The SMILES string of the molecule is COC[C@H]1O[C@@H](n2cnc3c(N[C@H](C)CF)ncnc32)[C@H](O)[C@@H]1O. The zero-order valence-electron chi connectivity index (χ0n) is 13.3. The highest BCUT2D eigenvalue weighted by Crippen LogP contribution is 2.32. The monoisotopic (exact) mass is 341 g/mol. The highest BCUT2D eigenvalue weighted by Gasteiger charge is 2.44. The Morgan fingerprint density at radius 2 is 2.17 bits per heavy atom. The normalized spacial score (nSPS) is 28.4. The number of hydrogen-bond donors (Lipinski definition) is 3. The summed E-state index contributed by atoms with van der Waals surface area (Å²) in [6.07, 6.45) is -0.986. The number of imidazole rings is 1. The van der Waals surface area contributed by atoms with Crippen LogP contribution in [0, 0.1) is 0 Å². The molecular weight excluding hydrogens is 321 g/mol. The second-order valence-corrected chi connectivity index (χ2v) is 5.75. The number of fused-ring (bicyclic) bond motifs is 1. The number of nitrogens with zero attached hydrogens (tertiary/aromatic N) is 4. The van der Waals surface area contributed by atoms with Crippen LogP contribution in [-0.2, 0) is 9.47 Å². The Balaban J connectivity index is 1.92. The molecule has 0 spiro atoms. The molecule has 0 saturated carbocycles. The molecule has 0 unspecified atom stereocenters. The molecular formula is C14H20FN5O4. The maximum Gasteiger partial charge on any atom is 0.167 e. The molecule has 1 aliphatic rings. The van der Waals surface area contributed by atoms with Crippen LogP contribution in [0.3, 0.4) is 0 Å². The van der Waals surface area contributed by atoms with Crippen LogP contribution in [0.4, 0.5) is 10.2 Å². The minimum atomic E-state index is -1.15. The van der Waals surface area contributed by atoms with Gasteiger partial charge in [0.15, 0.2) is 23.2 Å². The van der Waals surface area contributed by atoms with Gasteiger partial charge >= 0.3 is 0 Å². The Kier molecular flexibility index (Phi) is 4.90. The molecule has 0 amide bonds. The van der Waals surface area contributed by atoms with Gasteiger partial charge in [0.05, 0.1) is 19.0 Å². The molecule has 0 bridgehead atoms. The molecule has 2 aromatic rings. The Bertz CT molecular complexity index is 699. The van der Waals surface area contributed by atoms with Crippen molar-refractivity contribution < 1.29 is 24.1 Å². The molecule has 0 radical (unpaired) electrons. The molecule has 9 nitrogen and oxygen atoms in total. The third-order valence-corrected chi connectivity index (χ3v) is 3.92. The molecule has 3 rings (SSSR count). The second-order valence-electron chi connectivity index (χ2n) is 5.75. The maximum absolute atomic E-state index is 12.7. The van der Waals surface area contributed by atoms with E-state index >= 15 is 0 Å². The summed E-state index contributed by atoms with van der Waals surface area (Å²) in [7, 11) is 1.49. The third kappa shape index (κ3) is 2.93. The van der Waals surface area contributed by atoms with Gasteiger partial charge in [0.2, 0.25) is 0 Å². The van der Waals surface area contributed by atoms with Crippen LogP contribution in [0.5, 0.6) is 0 Å². The maximum atomic E-state index is 12.7. The fourth-order valence-corrected chi connectivity index (χ4v) is 2.68. The molecule has 3 heterocycles. The van der Waals surface area contributed by atoms with Gasteiger partial charge in [0.1, 0.15) is 31.3 Å². The number of aliphatic hydroxyl groups excluding tert-OH is 2. The first-order chi connectivity index (χ1) is 11.6. The Hall–Kier alpha value is -1.88. The van der Waals surface area contributed by atoms with E-state index in [1.54, 1.807) is 6.92 Å². The van der Waals surface area contributed by atoms with Crippen LogP contribution >= 0.6 is 0 Å². The molecule has 1 aliphatic heterocycles. The van der Waals surface area contributed by atoms with Gasteiger partial charge < -0.3 is 25.0 Å². The van der Waals surface area contributed by atoms with Crippen molar-refractivity contribution in [1.82, 2.24) is 19.5 Å². The Labute approximate surface area is 137 Å². The van der Waals surface area contributed by atoms with Crippen molar-refractivity contribution in [2.45, 2.75) is 37.5 Å². The number of hydrogen-bond acceptors (Lipinski definition) is 8. The van der Waals surface area contributed by atoms with Crippen LogP contribution in [0.1, 0.15) is 13.2 Å². The lowest BCUT2D eigenvalue weighted by Gasteiger charge is -2.16. The Morgan fingerprint density at radius 1 is 1.38 bits per heavy atom. The summed E-state index contributed by atoms with van der Waals surface area (Å²) in [5.74, 6) is 0.394. The second kappa shape index (κ2) is 6.93. The number of aromatic nitrogens is 4. The van der Waals surface area contributed by atoms with E-state index < -0.39 is 37.3 Å². The predicted molar refractivity (Wildman–Crippen MR) is 82.2 cm³/mol. The molecule has 132 valence electrons. The van der Waals surface area contributed by atoms with E-state index in [4.69, 9.17) is 9.47 Å². The van der Waals surface area contributed by atoms with Crippen molar-refractivity contribution in [1.29, 1.82) is 0 Å². The van der Waals surface area contributed by atoms with Gasteiger partial charge in [-0.3, -0.25) is 4.57 Å². The quantitative estimate of drug-likeness (QED) is 0.665. The van der Waals surface area contributed by atoms with Crippen molar-refractivity contribution in [3.05, 3.63) is 12.7 Å². The van der Waals surface area contributed by atoms with E-state index in [9.17, 15) is 14.6 Å². The minimum Gasteiger partial charge on any atom is -0.387 e. The van der Waals surface area contributed by atoms with E-state index in [2.05, 4.69) is 20.3 Å². The molecule has 0 aliphatic carbocycles. The van der Waals surface area contributed by atoms with Gasteiger partial charge in [-0.25, -0.2) is 19.3 Å². The van der Waals surface area contributed by atoms with Crippen molar-refractivity contribution in [2.75, 3.05) is 25.7 Å². The van der Waals surface area contributed by atoms with Gasteiger partial charge in [-0.2, -0.15) is 0 Å². The summed E-state index contributed by atoms with van der Waals surface area (Å²) in [5.41, 5.74) is 0.839. The highest BCUT2D eigenvalue weighted by molar-refractivity contribution is 5.82. The van der Waals surface area contributed by atoms with Gasteiger partial charge in [0, 0.05) is 7.11 Å². The molecule has 1 fully saturated rings. The number of nitrogens with one attached hydrogen (secondary N) is 1. The smallest absolute Gasteiger partial charge is 0.167 e. The van der Waals surface area contributed by atoms with E-state index in [1.807, 2.05) is 0 Å². The number of rotatable bonds is 6. The van der Waals surface area contributed by atoms with Crippen molar-refractivity contribution >= 4 is 17.0 Å². The van der Waals surface area contributed by atoms with Crippen molar-refractivity contribution in [3.8, 4) is 0 Å². The van der Waals surface area contributed by atoms with Gasteiger partial charge in [-0.1, -0.05) is 0 Å². The lowest BCUT2D eigenvalue weighted by atomic mass is 10.1. The minimum absolute atomic E-state index is 0.150. The Morgan fingerprint density at radius 3 is 2.88 bits per heavy atom. The molecule has 3 N–H and O–H groups in total. The fraction of sp³-hybridized carbons (Fsp3) is 0.643. The number of halogens is 1. The average molecular weight is 341 g/mol. The average Bonchev–Trinajstić information content (AvgIpc) is 3.12. The van der Waals surface area contributed by atoms with E-state index in [-0.39, 0.29) is 6.61 Å². The van der Waals surface area contributed by atoms with Gasteiger partial charge in [0.25, 0.3) is 0 Å². The molecule has 10 heteroatoms.